The van der Waals surface area contributed by atoms with Gasteiger partial charge in [-0.2, -0.15) is 0 Å². The SMILES string of the molecule is Cc1[nH]c(=S)sc1CC(=O)NC(C)C(C)C. The molecule has 0 fully saturated rings. The predicted molar refractivity (Wildman–Crippen MR) is 70.4 cm³/mol. The molecule has 5 heteroatoms. The van der Waals surface area contributed by atoms with Gasteiger partial charge in [0.2, 0.25) is 5.91 Å². The van der Waals surface area contributed by atoms with Gasteiger partial charge in [0.15, 0.2) is 3.95 Å². The van der Waals surface area contributed by atoms with Crippen molar-refractivity contribution in [3.05, 3.63) is 14.5 Å². The highest BCUT2D eigenvalue weighted by atomic mass is 32.1. The largest absolute Gasteiger partial charge is 0.353 e. The maximum Gasteiger partial charge on any atom is 0.225 e. The number of nitrogens with one attached hydrogen (secondary N) is 2. The minimum Gasteiger partial charge on any atom is -0.353 e. The lowest BCUT2D eigenvalue weighted by molar-refractivity contribution is -0.121. The summed E-state index contributed by atoms with van der Waals surface area (Å²) < 4.78 is 0.734. The van der Waals surface area contributed by atoms with E-state index in [0.717, 1.165) is 14.5 Å². The first-order valence-electron chi connectivity index (χ1n) is 5.38. The first-order chi connectivity index (χ1) is 7.40. The maximum atomic E-state index is 11.7. The molecule has 2 N–H and O–H groups in total. The van der Waals surface area contributed by atoms with Crippen LogP contribution in [0.25, 0.3) is 0 Å². The van der Waals surface area contributed by atoms with Gasteiger partial charge in [-0.15, -0.1) is 11.3 Å². The number of aryl methyl sites for hydroxylation is 1. The van der Waals surface area contributed by atoms with Crippen molar-refractivity contribution in [3.63, 3.8) is 0 Å². The molecule has 90 valence electrons. The molecule has 1 amide bonds. The normalized spacial score (nSPS) is 12.8. The summed E-state index contributed by atoms with van der Waals surface area (Å²) in [7, 11) is 0. The van der Waals surface area contributed by atoms with E-state index in [1.807, 2.05) is 13.8 Å². The molecule has 0 aliphatic carbocycles. The Morgan fingerprint density at radius 3 is 2.56 bits per heavy atom. The Kier molecular flexibility index (Phi) is 4.68. The number of carbonyl (C=O) groups is 1. The number of hydrogen-bond donors (Lipinski definition) is 2. The molecule has 0 radical (unpaired) electrons. The zero-order chi connectivity index (χ0) is 12.3. The van der Waals surface area contributed by atoms with Gasteiger partial charge in [-0.25, -0.2) is 0 Å². The van der Waals surface area contributed by atoms with Crippen molar-refractivity contribution in [2.45, 2.75) is 40.2 Å². The molecular weight excluding hydrogens is 240 g/mol. The van der Waals surface area contributed by atoms with E-state index >= 15 is 0 Å². The lowest BCUT2D eigenvalue weighted by Gasteiger charge is -2.17. The van der Waals surface area contributed by atoms with Crippen LogP contribution in [0.15, 0.2) is 0 Å². The number of aromatic nitrogens is 1. The second kappa shape index (κ2) is 5.59. The van der Waals surface area contributed by atoms with Gasteiger partial charge in [-0.05, 0) is 32.0 Å². The second-order valence-electron chi connectivity index (χ2n) is 4.34. The summed E-state index contributed by atoms with van der Waals surface area (Å²) in [4.78, 5) is 15.8. The number of rotatable bonds is 4. The number of aromatic amines is 1. The smallest absolute Gasteiger partial charge is 0.225 e. The molecule has 3 nitrogen and oxygen atoms in total. The summed E-state index contributed by atoms with van der Waals surface area (Å²) in [5.74, 6) is 0.518. The number of hydrogen-bond acceptors (Lipinski definition) is 3. The average molecular weight is 258 g/mol. The van der Waals surface area contributed by atoms with Crippen molar-refractivity contribution in [2.75, 3.05) is 0 Å². The fourth-order valence-electron chi connectivity index (χ4n) is 1.22. The zero-order valence-electron chi connectivity index (χ0n) is 10.1. The third-order valence-corrected chi connectivity index (χ3v) is 3.97. The van der Waals surface area contributed by atoms with Crippen molar-refractivity contribution in [1.82, 2.24) is 10.3 Å². The minimum absolute atomic E-state index is 0.0644. The number of amides is 1. The van der Waals surface area contributed by atoms with Gasteiger partial charge in [-0.1, -0.05) is 13.8 Å². The highest BCUT2D eigenvalue weighted by molar-refractivity contribution is 7.73. The van der Waals surface area contributed by atoms with Crippen LogP contribution in [0.3, 0.4) is 0 Å². The summed E-state index contributed by atoms with van der Waals surface area (Å²) in [6.45, 7) is 8.15. The third-order valence-electron chi connectivity index (χ3n) is 2.63. The van der Waals surface area contributed by atoms with Crippen molar-refractivity contribution in [2.24, 2.45) is 5.92 Å². The molecule has 16 heavy (non-hydrogen) atoms. The Bertz CT molecular complexity index is 420. The molecule has 1 rings (SSSR count). The fourth-order valence-corrected chi connectivity index (χ4v) is 2.51. The van der Waals surface area contributed by atoms with Gasteiger partial charge < -0.3 is 10.3 Å². The Balaban J connectivity index is 2.58. The van der Waals surface area contributed by atoms with Crippen LogP contribution < -0.4 is 5.32 Å². The van der Waals surface area contributed by atoms with Crippen LogP contribution in [0, 0.1) is 16.8 Å². The maximum absolute atomic E-state index is 11.7. The molecular formula is C11H18N2OS2. The molecule has 1 aromatic heterocycles. The van der Waals surface area contributed by atoms with Gasteiger partial charge in [0.05, 0.1) is 6.42 Å². The molecule has 1 aromatic rings. The van der Waals surface area contributed by atoms with Crippen molar-refractivity contribution in [3.8, 4) is 0 Å². The van der Waals surface area contributed by atoms with E-state index in [4.69, 9.17) is 12.2 Å². The van der Waals surface area contributed by atoms with Crippen molar-refractivity contribution < 1.29 is 4.79 Å². The molecule has 0 bridgehead atoms. The van der Waals surface area contributed by atoms with E-state index < -0.39 is 0 Å². The first-order valence-corrected chi connectivity index (χ1v) is 6.60. The Hall–Kier alpha value is -0.680. The molecule has 1 unspecified atom stereocenters. The van der Waals surface area contributed by atoms with Crippen molar-refractivity contribution >= 4 is 29.5 Å². The van der Waals surface area contributed by atoms with Crippen LogP contribution in [0.4, 0.5) is 0 Å². The topological polar surface area (TPSA) is 44.9 Å². The van der Waals surface area contributed by atoms with E-state index in [-0.39, 0.29) is 11.9 Å². The third kappa shape index (κ3) is 3.72. The van der Waals surface area contributed by atoms with Crippen LogP contribution in [-0.2, 0) is 11.2 Å². The van der Waals surface area contributed by atoms with Gasteiger partial charge in [0.25, 0.3) is 0 Å². The quantitative estimate of drug-likeness (QED) is 0.816. The van der Waals surface area contributed by atoms with E-state index in [0.29, 0.717) is 12.3 Å². The second-order valence-corrected chi connectivity index (χ2v) is 6.11. The molecule has 0 saturated heterocycles. The molecule has 1 heterocycles. The summed E-state index contributed by atoms with van der Waals surface area (Å²) in [5.41, 5.74) is 1.00. The predicted octanol–water partition coefficient (Wildman–Crippen LogP) is 2.82. The van der Waals surface area contributed by atoms with Crippen molar-refractivity contribution in [1.29, 1.82) is 0 Å². The summed E-state index contributed by atoms with van der Waals surface area (Å²) >= 11 is 6.51. The average Bonchev–Trinajstić information content (AvgIpc) is 2.44. The van der Waals surface area contributed by atoms with E-state index in [2.05, 4.69) is 24.1 Å². The molecule has 0 spiro atoms. The molecule has 0 aliphatic heterocycles. The fraction of sp³-hybridized carbons (Fsp3) is 0.636. The van der Waals surface area contributed by atoms with Gasteiger partial charge in [0.1, 0.15) is 0 Å². The van der Waals surface area contributed by atoms with Crippen LogP contribution >= 0.6 is 23.6 Å². The monoisotopic (exact) mass is 258 g/mol. The highest BCUT2D eigenvalue weighted by Gasteiger charge is 2.13. The molecule has 0 saturated carbocycles. The Morgan fingerprint density at radius 2 is 2.12 bits per heavy atom. The molecule has 1 atom stereocenters. The van der Waals surface area contributed by atoms with Gasteiger partial charge in [0, 0.05) is 16.6 Å². The Labute approximate surface area is 105 Å². The lowest BCUT2D eigenvalue weighted by Crippen LogP contribution is -2.36. The Morgan fingerprint density at radius 1 is 1.50 bits per heavy atom. The van der Waals surface area contributed by atoms with Gasteiger partial charge in [-0.3, -0.25) is 4.79 Å². The molecule has 0 aromatic carbocycles. The van der Waals surface area contributed by atoms with E-state index in [1.54, 1.807) is 0 Å². The van der Waals surface area contributed by atoms with Crippen LogP contribution in [0.1, 0.15) is 31.3 Å². The lowest BCUT2D eigenvalue weighted by atomic mass is 10.1. The minimum atomic E-state index is 0.0644. The summed E-state index contributed by atoms with van der Waals surface area (Å²) in [6.07, 6.45) is 0.417. The first kappa shape index (κ1) is 13.4. The van der Waals surface area contributed by atoms with E-state index in [1.165, 1.54) is 11.3 Å². The summed E-state index contributed by atoms with van der Waals surface area (Å²) in [6, 6.07) is 0.208. The van der Waals surface area contributed by atoms with Gasteiger partial charge >= 0.3 is 0 Å². The van der Waals surface area contributed by atoms with Crippen LogP contribution in [0.2, 0.25) is 0 Å². The molecule has 0 aliphatic rings. The standard InChI is InChI=1S/C11H18N2OS2/c1-6(2)7(3)12-10(14)5-9-8(4)13-11(15)16-9/h6-7H,5H2,1-4H3,(H,12,14)(H,13,15). The number of thiazole rings is 1. The number of H-pyrrole nitrogens is 1. The summed E-state index contributed by atoms with van der Waals surface area (Å²) in [5, 5.41) is 2.98. The highest BCUT2D eigenvalue weighted by Crippen LogP contribution is 2.15. The van der Waals surface area contributed by atoms with E-state index in [9.17, 15) is 4.79 Å². The van der Waals surface area contributed by atoms with Crippen LogP contribution in [0.5, 0.6) is 0 Å². The number of carbonyl (C=O) groups excluding carboxylic acids is 1. The van der Waals surface area contributed by atoms with Crippen LogP contribution in [-0.4, -0.2) is 16.9 Å². The zero-order valence-corrected chi connectivity index (χ0v) is 11.7.